The second kappa shape index (κ2) is 45.4. The number of phosphoric acid groups is 1. The maximum Gasteiger partial charge on any atom is 0.306 e. The zero-order valence-electron chi connectivity index (χ0n) is 41.8. The highest BCUT2D eigenvalue weighted by Gasteiger charge is 2.21. The zero-order valence-corrected chi connectivity index (χ0v) is 42.7. The fourth-order valence-corrected chi connectivity index (χ4v) is 8.00. The van der Waals surface area contributed by atoms with E-state index in [4.69, 9.17) is 18.5 Å². The summed E-state index contributed by atoms with van der Waals surface area (Å²) in [5.41, 5.74) is 0. The standard InChI is InChI=1S/C53H100NO8P/c1-6-8-10-12-14-16-18-20-22-24-25-26-27-28-29-30-32-33-35-37-39-41-43-45-52(55)59-49-51(50-61-63(57,58)60-48-47-54(3,4)5)62-53(56)46-44-42-40-38-36-34-31-23-21-19-17-15-13-11-9-7-2/h17,19,23-25,31,51H,6-16,18,20-22,26-30,32-50H2,1-5H3/b19-17-,25-24-,31-23-. The Morgan fingerprint density at radius 2 is 0.857 bits per heavy atom. The van der Waals surface area contributed by atoms with Crippen LogP contribution in [0.2, 0.25) is 0 Å². The van der Waals surface area contributed by atoms with Gasteiger partial charge >= 0.3 is 11.9 Å². The van der Waals surface area contributed by atoms with Crippen molar-refractivity contribution in [2.75, 3.05) is 47.5 Å². The third kappa shape index (κ3) is 49.5. The summed E-state index contributed by atoms with van der Waals surface area (Å²) >= 11 is 0. The zero-order chi connectivity index (χ0) is 46.4. The number of carbonyl (C=O) groups is 2. The molecule has 0 N–H and O–H groups in total. The van der Waals surface area contributed by atoms with Gasteiger partial charge in [-0.05, 0) is 70.6 Å². The fourth-order valence-electron chi connectivity index (χ4n) is 7.27. The molecule has 0 aliphatic carbocycles. The summed E-state index contributed by atoms with van der Waals surface area (Å²) in [6.07, 6.45) is 53.2. The summed E-state index contributed by atoms with van der Waals surface area (Å²) in [5.74, 6) is -0.844. The summed E-state index contributed by atoms with van der Waals surface area (Å²) < 4.78 is 34.0. The molecule has 10 heteroatoms. The van der Waals surface area contributed by atoms with Crippen LogP contribution in [0.25, 0.3) is 0 Å². The first-order chi connectivity index (χ1) is 30.5. The Hall–Kier alpha value is -1.77. The molecule has 0 saturated carbocycles. The summed E-state index contributed by atoms with van der Waals surface area (Å²) in [5, 5.41) is 0. The summed E-state index contributed by atoms with van der Waals surface area (Å²) in [4.78, 5) is 37.7. The topological polar surface area (TPSA) is 111 Å². The fraction of sp³-hybridized carbons (Fsp3) is 0.849. The van der Waals surface area contributed by atoms with Crippen molar-refractivity contribution < 1.29 is 42.1 Å². The van der Waals surface area contributed by atoms with Gasteiger partial charge in [-0.3, -0.25) is 14.2 Å². The lowest BCUT2D eigenvalue weighted by molar-refractivity contribution is -0.870. The van der Waals surface area contributed by atoms with E-state index in [1.165, 1.54) is 148 Å². The highest BCUT2D eigenvalue weighted by atomic mass is 31.2. The van der Waals surface area contributed by atoms with Gasteiger partial charge in [0.1, 0.15) is 19.8 Å². The first kappa shape index (κ1) is 61.2. The third-order valence-electron chi connectivity index (χ3n) is 11.4. The van der Waals surface area contributed by atoms with E-state index < -0.39 is 26.5 Å². The van der Waals surface area contributed by atoms with Crippen molar-refractivity contribution >= 4 is 19.8 Å². The minimum Gasteiger partial charge on any atom is -0.756 e. The highest BCUT2D eigenvalue weighted by molar-refractivity contribution is 7.45. The average molecular weight is 910 g/mol. The second-order valence-electron chi connectivity index (χ2n) is 18.9. The van der Waals surface area contributed by atoms with Crippen LogP contribution in [0.4, 0.5) is 0 Å². The van der Waals surface area contributed by atoms with Gasteiger partial charge in [0.2, 0.25) is 0 Å². The number of esters is 2. The molecule has 0 rings (SSSR count). The largest absolute Gasteiger partial charge is 0.756 e. The van der Waals surface area contributed by atoms with E-state index in [-0.39, 0.29) is 32.0 Å². The van der Waals surface area contributed by atoms with Crippen LogP contribution < -0.4 is 4.89 Å². The van der Waals surface area contributed by atoms with Gasteiger partial charge in [-0.25, -0.2) is 0 Å². The smallest absolute Gasteiger partial charge is 0.306 e. The molecule has 9 nitrogen and oxygen atoms in total. The van der Waals surface area contributed by atoms with Crippen molar-refractivity contribution in [3.63, 3.8) is 0 Å². The average Bonchev–Trinajstić information content (AvgIpc) is 3.24. The number of hydrogen-bond acceptors (Lipinski definition) is 8. The minimum absolute atomic E-state index is 0.0334. The molecule has 0 aliphatic rings. The number of carbonyl (C=O) groups excluding carboxylic acids is 2. The van der Waals surface area contributed by atoms with Crippen molar-refractivity contribution in [2.24, 2.45) is 0 Å². The van der Waals surface area contributed by atoms with Crippen LogP contribution >= 0.6 is 7.82 Å². The molecule has 2 atom stereocenters. The molecule has 2 unspecified atom stereocenters. The maximum absolute atomic E-state index is 12.7. The number of allylic oxidation sites excluding steroid dienone is 6. The molecule has 0 aromatic carbocycles. The Kier molecular flexibility index (Phi) is 44.1. The van der Waals surface area contributed by atoms with Gasteiger partial charge in [-0.1, -0.05) is 192 Å². The van der Waals surface area contributed by atoms with Crippen LogP contribution in [-0.4, -0.2) is 70.0 Å². The number of quaternary nitrogens is 1. The molecule has 0 radical (unpaired) electrons. The van der Waals surface area contributed by atoms with Crippen molar-refractivity contribution in [1.82, 2.24) is 0 Å². The quantitative estimate of drug-likeness (QED) is 0.0195. The molecule has 0 fully saturated rings. The summed E-state index contributed by atoms with van der Waals surface area (Å²) in [6.45, 7) is 4.22. The van der Waals surface area contributed by atoms with E-state index in [2.05, 4.69) is 50.3 Å². The highest BCUT2D eigenvalue weighted by Crippen LogP contribution is 2.38. The SMILES string of the molecule is CCCCCC/C=C\C/C=C\CCCCCCCC(=O)OC(COC(=O)CCCCCCCCCCCCC/C=C\CCCCCCCCCC)COP(=O)([O-])OCC[N+](C)(C)C. The normalized spacial score (nSPS) is 13.7. The number of unbranched alkanes of at least 4 members (excludes halogenated alkanes) is 28. The third-order valence-corrected chi connectivity index (χ3v) is 12.3. The molecule has 370 valence electrons. The lowest BCUT2D eigenvalue weighted by atomic mass is 10.0. The molecular formula is C53H100NO8P. The van der Waals surface area contributed by atoms with Crippen molar-refractivity contribution in [3.8, 4) is 0 Å². The Morgan fingerprint density at radius 1 is 0.492 bits per heavy atom. The molecule has 0 heterocycles. The Bertz CT molecular complexity index is 1170. The minimum atomic E-state index is -4.63. The van der Waals surface area contributed by atoms with Crippen molar-refractivity contribution in [1.29, 1.82) is 0 Å². The van der Waals surface area contributed by atoms with Gasteiger partial charge in [-0.15, -0.1) is 0 Å². The lowest BCUT2D eigenvalue weighted by Gasteiger charge is -2.28. The molecule has 0 aromatic rings. The van der Waals surface area contributed by atoms with Crippen LogP contribution in [0.1, 0.15) is 239 Å². The molecule has 0 bridgehead atoms. The lowest BCUT2D eigenvalue weighted by Crippen LogP contribution is -2.37. The molecular weight excluding hydrogens is 810 g/mol. The Labute approximate surface area is 389 Å². The van der Waals surface area contributed by atoms with E-state index in [1.54, 1.807) is 0 Å². The van der Waals surface area contributed by atoms with Gasteiger partial charge in [0.15, 0.2) is 6.10 Å². The molecule has 0 aliphatic heterocycles. The Balaban J connectivity index is 4.21. The van der Waals surface area contributed by atoms with Crippen molar-refractivity contribution in [2.45, 2.75) is 245 Å². The number of ether oxygens (including phenoxy) is 2. The number of hydrogen-bond donors (Lipinski definition) is 0. The molecule has 0 saturated heterocycles. The molecule has 0 aromatic heterocycles. The van der Waals surface area contributed by atoms with Gasteiger partial charge in [-0.2, -0.15) is 0 Å². The molecule has 63 heavy (non-hydrogen) atoms. The number of nitrogens with zero attached hydrogens (tertiary/aromatic N) is 1. The first-order valence-corrected chi connectivity index (χ1v) is 27.7. The van der Waals surface area contributed by atoms with Gasteiger partial charge < -0.3 is 27.9 Å². The predicted octanol–water partition coefficient (Wildman–Crippen LogP) is 15.0. The monoisotopic (exact) mass is 910 g/mol. The van der Waals surface area contributed by atoms with E-state index >= 15 is 0 Å². The second-order valence-corrected chi connectivity index (χ2v) is 20.3. The van der Waals surface area contributed by atoms with Crippen LogP contribution in [0.3, 0.4) is 0 Å². The van der Waals surface area contributed by atoms with E-state index in [0.29, 0.717) is 17.4 Å². The molecule has 0 spiro atoms. The Morgan fingerprint density at radius 3 is 1.29 bits per heavy atom. The number of likely N-dealkylation sites (N-methyl/N-ethyl adjacent to an activating group) is 1. The predicted molar refractivity (Wildman–Crippen MR) is 264 cm³/mol. The number of phosphoric ester groups is 1. The first-order valence-electron chi connectivity index (χ1n) is 26.2. The van der Waals surface area contributed by atoms with Gasteiger partial charge in [0.05, 0.1) is 27.7 Å². The van der Waals surface area contributed by atoms with Gasteiger partial charge in [0.25, 0.3) is 7.82 Å². The van der Waals surface area contributed by atoms with E-state index in [1.807, 2.05) is 21.1 Å². The van der Waals surface area contributed by atoms with Crippen LogP contribution in [-0.2, 0) is 32.7 Å². The van der Waals surface area contributed by atoms with Crippen molar-refractivity contribution in [3.05, 3.63) is 36.5 Å². The van der Waals surface area contributed by atoms with Gasteiger partial charge in [0, 0.05) is 12.8 Å². The summed E-state index contributed by atoms with van der Waals surface area (Å²) in [7, 11) is 1.16. The number of rotatable bonds is 48. The van der Waals surface area contributed by atoms with E-state index in [0.717, 1.165) is 57.8 Å². The maximum atomic E-state index is 12.7. The van der Waals surface area contributed by atoms with E-state index in [9.17, 15) is 19.0 Å². The van der Waals surface area contributed by atoms with Crippen LogP contribution in [0.5, 0.6) is 0 Å². The van der Waals surface area contributed by atoms with Crippen LogP contribution in [0, 0.1) is 0 Å². The molecule has 0 amide bonds. The summed E-state index contributed by atoms with van der Waals surface area (Å²) in [6, 6.07) is 0. The van der Waals surface area contributed by atoms with Crippen LogP contribution in [0.15, 0.2) is 36.5 Å².